The lowest BCUT2D eigenvalue weighted by Crippen LogP contribution is -2.45. The summed E-state index contributed by atoms with van der Waals surface area (Å²) in [6.07, 6.45) is 2.31. The van der Waals surface area contributed by atoms with E-state index in [9.17, 15) is 0 Å². The number of nitrogens with zero attached hydrogens (tertiary/aromatic N) is 2. The first-order chi connectivity index (χ1) is 10.6. The van der Waals surface area contributed by atoms with Crippen LogP contribution in [0.2, 0.25) is 0 Å². The third-order valence-corrected chi connectivity index (χ3v) is 4.10. The van der Waals surface area contributed by atoms with Crippen molar-refractivity contribution in [2.45, 2.75) is 20.4 Å². The Balaban J connectivity index is 1.91. The Kier molecular flexibility index (Phi) is 6.28. The maximum absolute atomic E-state index is 5.47. The van der Waals surface area contributed by atoms with Crippen molar-refractivity contribution >= 4 is 0 Å². The molecule has 22 heavy (non-hydrogen) atoms. The maximum Gasteiger partial charge on any atom is 0.123 e. The summed E-state index contributed by atoms with van der Waals surface area (Å²) >= 11 is 0. The van der Waals surface area contributed by atoms with Crippen LogP contribution in [0.15, 0.2) is 29.8 Å². The first kappa shape index (κ1) is 16.8. The molecule has 1 aromatic carbocycles. The molecular weight excluding hydrogens is 276 g/mol. The average Bonchev–Trinajstić information content (AvgIpc) is 2.54. The van der Waals surface area contributed by atoms with Crippen LogP contribution in [-0.4, -0.2) is 56.7 Å². The molecule has 0 saturated carbocycles. The molecule has 0 aromatic heterocycles. The molecule has 0 spiro atoms. The predicted molar refractivity (Wildman–Crippen MR) is 90.7 cm³/mol. The summed E-state index contributed by atoms with van der Waals surface area (Å²) in [5.74, 6) is 1.82. The van der Waals surface area contributed by atoms with Gasteiger partial charge >= 0.3 is 0 Å². The maximum atomic E-state index is 5.47. The largest absolute Gasteiger partial charge is 0.497 e. The van der Waals surface area contributed by atoms with Gasteiger partial charge in [-0.05, 0) is 32.0 Å². The van der Waals surface area contributed by atoms with E-state index in [-0.39, 0.29) is 0 Å². The van der Waals surface area contributed by atoms with Crippen molar-refractivity contribution < 1.29 is 9.47 Å². The van der Waals surface area contributed by atoms with Crippen LogP contribution in [0.4, 0.5) is 0 Å². The molecule has 0 unspecified atom stereocenters. The number of methoxy groups -OCH3 is 2. The molecule has 0 N–H and O–H groups in total. The van der Waals surface area contributed by atoms with Crippen LogP contribution >= 0.6 is 0 Å². The van der Waals surface area contributed by atoms with Gasteiger partial charge in [-0.3, -0.25) is 9.80 Å². The summed E-state index contributed by atoms with van der Waals surface area (Å²) in [4.78, 5) is 4.99. The minimum Gasteiger partial charge on any atom is -0.497 e. The van der Waals surface area contributed by atoms with Gasteiger partial charge in [0.25, 0.3) is 0 Å². The fourth-order valence-electron chi connectivity index (χ4n) is 2.69. The highest BCUT2D eigenvalue weighted by molar-refractivity contribution is 5.40. The van der Waals surface area contributed by atoms with Crippen molar-refractivity contribution in [1.82, 2.24) is 9.80 Å². The van der Waals surface area contributed by atoms with Crippen LogP contribution in [-0.2, 0) is 6.54 Å². The van der Waals surface area contributed by atoms with E-state index in [0.29, 0.717) is 0 Å². The second kappa shape index (κ2) is 8.20. The van der Waals surface area contributed by atoms with Crippen molar-refractivity contribution in [2.75, 3.05) is 46.9 Å². The highest BCUT2D eigenvalue weighted by Crippen LogP contribution is 2.25. The summed E-state index contributed by atoms with van der Waals surface area (Å²) in [6.45, 7) is 10.7. The first-order valence-electron chi connectivity index (χ1n) is 7.91. The fourth-order valence-corrected chi connectivity index (χ4v) is 2.69. The number of piperazine rings is 1. The molecule has 1 aromatic rings. The number of benzene rings is 1. The van der Waals surface area contributed by atoms with Crippen molar-refractivity contribution in [3.05, 3.63) is 35.4 Å². The quantitative estimate of drug-likeness (QED) is 0.755. The highest BCUT2D eigenvalue weighted by atomic mass is 16.5. The molecule has 1 aliphatic rings. The van der Waals surface area contributed by atoms with Gasteiger partial charge in [0, 0.05) is 44.8 Å². The van der Waals surface area contributed by atoms with Crippen LogP contribution in [0.5, 0.6) is 11.5 Å². The zero-order valence-electron chi connectivity index (χ0n) is 14.3. The van der Waals surface area contributed by atoms with E-state index in [1.54, 1.807) is 14.2 Å². The smallest absolute Gasteiger partial charge is 0.123 e. The molecule has 1 aliphatic heterocycles. The molecule has 1 saturated heterocycles. The van der Waals surface area contributed by atoms with E-state index < -0.39 is 0 Å². The summed E-state index contributed by atoms with van der Waals surface area (Å²) < 4.78 is 10.8. The van der Waals surface area contributed by atoms with Crippen molar-refractivity contribution in [3.8, 4) is 11.5 Å². The zero-order valence-corrected chi connectivity index (χ0v) is 14.3. The number of allylic oxidation sites excluding steroid dienone is 1. The van der Waals surface area contributed by atoms with Gasteiger partial charge in [0.1, 0.15) is 11.5 Å². The van der Waals surface area contributed by atoms with E-state index in [1.165, 1.54) is 11.1 Å². The van der Waals surface area contributed by atoms with Crippen LogP contribution in [0, 0.1) is 0 Å². The topological polar surface area (TPSA) is 24.9 Å². The van der Waals surface area contributed by atoms with Crippen LogP contribution in [0.25, 0.3) is 0 Å². The normalized spacial score (nSPS) is 16.4. The van der Waals surface area contributed by atoms with Crippen molar-refractivity contribution in [3.63, 3.8) is 0 Å². The van der Waals surface area contributed by atoms with Gasteiger partial charge in [-0.15, -0.1) is 0 Å². The zero-order chi connectivity index (χ0) is 15.9. The molecule has 122 valence electrons. The van der Waals surface area contributed by atoms with E-state index in [1.807, 2.05) is 12.1 Å². The molecule has 0 bridgehead atoms. The number of hydrogen-bond acceptors (Lipinski definition) is 4. The Bertz CT molecular complexity index is 502. The lowest BCUT2D eigenvalue weighted by atomic mass is 10.1. The van der Waals surface area contributed by atoms with Gasteiger partial charge in [0.05, 0.1) is 14.2 Å². The molecule has 0 aliphatic carbocycles. The second-order valence-electron chi connectivity index (χ2n) is 6.04. The molecule has 1 heterocycles. The number of ether oxygens (including phenoxy) is 2. The Morgan fingerprint density at radius 1 is 1.05 bits per heavy atom. The molecule has 1 fully saturated rings. The number of rotatable bonds is 6. The molecule has 0 amide bonds. The Morgan fingerprint density at radius 3 is 2.32 bits per heavy atom. The average molecular weight is 304 g/mol. The van der Waals surface area contributed by atoms with Crippen molar-refractivity contribution in [1.29, 1.82) is 0 Å². The fraction of sp³-hybridized carbons (Fsp3) is 0.556. The Labute approximate surface area is 134 Å². The molecular formula is C18H28N2O2. The predicted octanol–water partition coefficient (Wildman–Crippen LogP) is 2.79. The lowest BCUT2D eigenvalue weighted by molar-refractivity contribution is 0.136. The summed E-state index contributed by atoms with van der Waals surface area (Å²) in [6, 6.07) is 6.01. The second-order valence-corrected chi connectivity index (χ2v) is 6.04. The minimum absolute atomic E-state index is 0.887. The summed E-state index contributed by atoms with van der Waals surface area (Å²) in [5, 5.41) is 0. The standard InChI is InChI=1S/C18H28N2O2/c1-15(2)7-8-19-9-11-20(12-10-19)14-16-13-17(21-3)5-6-18(16)22-4/h5-7,13H,8-12,14H2,1-4H3. The van der Waals surface area contributed by atoms with Gasteiger partial charge in [0.2, 0.25) is 0 Å². The number of hydrogen-bond donors (Lipinski definition) is 0. The molecule has 4 heteroatoms. The van der Waals surface area contributed by atoms with Crippen LogP contribution < -0.4 is 9.47 Å². The Hall–Kier alpha value is -1.52. The summed E-state index contributed by atoms with van der Waals surface area (Å²) in [7, 11) is 3.43. The van der Waals surface area contributed by atoms with E-state index in [0.717, 1.165) is 50.8 Å². The monoisotopic (exact) mass is 304 g/mol. The van der Waals surface area contributed by atoms with Gasteiger partial charge in [0.15, 0.2) is 0 Å². The third kappa shape index (κ3) is 4.75. The summed E-state index contributed by atoms with van der Waals surface area (Å²) in [5.41, 5.74) is 2.59. The molecule has 0 radical (unpaired) electrons. The lowest BCUT2D eigenvalue weighted by Gasteiger charge is -2.34. The molecule has 2 rings (SSSR count). The van der Waals surface area contributed by atoms with Crippen LogP contribution in [0.3, 0.4) is 0 Å². The van der Waals surface area contributed by atoms with Crippen LogP contribution in [0.1, 0.15) is 19.4 Å². The minimum atomic E-state index is 0.887. The molecule has 0 atom stereocenters. The van der Waals surface area contributed by atoms with Gasteiger partial charge < -0.3 is 9.47 Å². The SMILES string of the molecule is COc1ccc(OC)c(CN2CCN(CC=C(C)C)CC2)c1. The van der Waals surface area contributed by atoms with Gasteiger partial charge in [-0.2, -0.15) is 0 Å². The highest BCUT2D eigenvalue weighted by Gasteiger charge is 2.17. The van der Waals surface area contributed by atoms with E-state index >= 15 is 0 Å². The molecule has 4 nitrogen and oxygen atoms in total. The van der Waals surface area contributed by atoms with Gasteiger partial charge in [-0.1, -0.05) is 11.6 Å². The van der Waals surface area contributed by atoms with Gasteiger partial charge in [-0.25, -0.2) is 0 Å². The van der Waals surface area contributed by atoms with Crippen molar-refractivity contribution in [2.24, 2.45) is 0 Å². The Morgan fingerprint density at radius 2 is 1.73 bits per heavy atom. The third-order valence-electron chi connectivity index (χ3n) is 4.10. The van der Waals surface area contributed by atoms with E-state index in [2.05, 4.69) is 35.8 Å². The van der Waals surface area contributed by atoms with E-state index in [4.69, 9.17) is 9.47 Å². The first-order valence-corrected chi connectivity index (χ1v) is 7.91.